The third-order valence-electron chi connectivity index (χ3n) is 6.67. The van der Waals surface area contributed by atoms with Crippen LogP contribution in [0.5, 0.6) is 0 Å². The predicted octanol–water partition coefficient (Wildman–Crippen LogP) is 5.18. The Kier molecular flexibility index (Phi) is 6.94. The first-order chi connectivity index (χ1) is 17.8. The van der Waals surface area contributed by atoms with Gasteiger partial charge in [-0.25, -0.2) is 4.79 Å². The first-order valence-electron chi connectivity index (χ1n) is 12.7. The molecular formula is C31H32N2O4. The number of nitrogens with zero attached hydrogens (tertiary/aromatic N) is 2. The van der Waals surface area contributed by atoms with Crippen molar-refractivity contribution >= 4 is 17.6 Å². The monoisotopic (exact) mass is 496 g/mol. The van der Waals surface area contributed by atoms with Crippen molar-refractivity contribution in [2.75, 3.05) is 6.61 Å². The van der Waals surface area contributed by atoms with Crippen LogP contribution in [-0.4, -0.2) is 46.8 Å². The van der Waals surface area contributed by atoms with Crippen molar-refractivity contribution in [3.63, 3.8) is 0 Å². The molecule has 0 bridgehead atoms. The summed E-state index contributed by atoms with van der Waals surface area (Å²) in [6.07, 6.45) is 0.0154. The number of esters is 1. The number of carbonyl (C=O) groups is 2. The number of benzene rings is 3. The first kappa shape index (κ1) is 24.9. The number of amides is 1. The van der Waals surface area contributed by atoms with Crippen LogP contribution in [0.1, 0.15) is 50.1 Å². The number of rotatable bonds is 6. The third-order valence-corrected chi connectivity index (χ3v) is 6.67. The molecule has 0 spiro atoms. The van der Waals surface area contributed by atoms with E-state index in [9.17, 15) is 9.59 Å². The average molecular weight is 497 g/mol. The molecule has 1 amide bonds. The molecule has 5 rings (SSSR count). The van der Waals surface area contributed by atoms with Gasteiger partial charge in [-0.2, -0.15) is 0 Å². The molecule has 4 atom stereocenters. The lowest BCUT2D eigenvalue weighted by Crippen LogP contribution is -2.40. The Morgan fingerprint density at radius 1 is 0.919 bits per heavy atom. The quantitative estimate of drug-likeness (QED) is 0.348. The topological polar surface area (TPSA) is 68.2 Å². The van der Waals surface area contributed by atoms with E-state index < -0.39 is 29.8 Å². The number of hydrogen-bond donors (Lipinski definition) is 0. The largest absolute Gasteiger partial charge is 0.458 e. The molecule has 2 saturated heterocycles. The van der Waals surface area contributed by atoms with E-state index >= 15 is 0 Å². The Morgan fingerprint density at radius 3 is 2.00 bits per heavy atom. The summed E-state index contributed by atoms with van der Waals surface area (Å²) in [6.45, 7) is 5.91. The molecule has 0 N–H and O–H groups in total. The number of fused-ring (bicyclic) bond motifs is 1. The number of ether oxygens (including phenoxy) is 2. The molecule has 3 aromatic carbocycles. The minimum absolute atomic E-state index is 0.111. The molecule has 6 nitrogen and oxygen atoms in total. The Balaban J connectivity index is 1.55. The summed E-state index contributed by atoms with van der Waals surface area (Å²) in [5, 5.41) is 0. The van der Waals surface area contributed by atoms with Gasteiger partial charge in [0.05, 0.1) is 24.3 Å². The van der Waals surface area contributed by atoms with Gasteiger partial charge >= 0.3 is 5.97 Å². The van der Waals surface area contributed by atoms with E-state index in [4.69, 9.17) is 14.5 Å². The van der Waals surface area contributed by atoms with Crippen LogP contribution >= 0.6 is 0 Å². The summed E-state index contributed by atoms with van der Waals surface area (Å²) >= 11 is 0. The molecule has 2 fully saturated rings. The van der Waals surface area contributed by atoms with Crippen LogP contribution in [0.4, 0.5) is 0 Å². The number of hydrogen-bond acceptors (Lipinski definition) is 5. The Bertz CT molecular complexity index is 1230. The summed E-state index contributed by atoms with van der Waals surface area (Å²) in [7, 11) is 0. The van der Waals surface area contributed by atoms with Crippen molar-refractivity contribution < 1.29 is 19.1 Å². The normalized spacial score (nSPS) is 21.9. The number of aliphatic imine (C=N–C) groups is 1. The molecule has 37 heavy (non-hydrogen) atoms. The minimum Gasteiger partial charge on any atom is -0.458 e. The van der Waals surface area contributed by atoms with Gasteiger partial charge in [0.2, 0.25) is 5.91 Å². The van der Waals surface area contributed by atoms with Crippen molar-refractivity contribution in [1.82, 2.24) is 4.90 Å². The van der Waals surface area contributed by atoms with E-state index in [1.807, 2.05) is 112 Å². The fourth-order valence-electron chi connectivity index (χ4n) is 5.07. The van der Waals surface area contributed by atoms with Crippen LogP contribution in [0.2, 0.25) is 0 Å². The highest BCUT2D eigenvalue weighted by Crippen LogP contribution is 2.41. The third kappa shape index (κ3) is 5.35. The summed E-state index contributed by atoms with van der Waals surface area (Å²) in [4.78, 5) is 34.3. The van der Waals surface area contributed by atoms with Crippen LogP contribution in [0.3, 0.4) is 0 Å². The van der Waals surface area contributed by atoms with Crippen molar-refractivity contribution in [3.05, 3.63) is 108 Å². The van der Waals surface area contributed by atoms with Gasteiger partial charge in [0.15, 0.2) is 12.3 Å². The summed E-state index contributed by atoms with van der Waals surface area (Å²) in [5.74, 6) is -1.26. The highest BCUT2D eigenvalue weighted by atomic mass is 16.6. The van der Waals surface area contributed by atoms with Crippen molar-refractivity contribution in [1.29, 1.82) is 0 Å². The van der Waals surface area contributed by atoms with Crippen LogP contribution < -0.4 is 0 Å². The van der Waals surface area contributed by atoms with Crippen LogP contribution in [0.25, 0.3) is 0 Å². The molecule has 2 aliphatic rings. The first-order valence-corrected chi connectivity index (χ1v) is 12.7. The van der Waals surface area contributed by atoms with E-state index in [-0.39, 0.29) is 11.9 Å². The zero-order valence-electron chi connectivity index (χ0n) is 21.4. The van der Waals surface area contributed by atoms with Crippen LogP contribution in [-0.2, 0) is 19.1 Å². The van der Waals surface area contributed by atoms with Crippen LogP contribution in [0, 0.1) is 5.92 Å². The van der Waals surface area contributed by atoms with Gasteiger partial charge < -0.3 is 14.4 Å². The van der Waals surface area contributed by atoms with Gasteiger partial charge in [0.1, 0.15) is 5.60 Å². The number of carbonyl (C=O) groups excluding carboxylic acids is 2. The maximum Gasteiger partial charge on any atom is 0.332 e. The van der Waals surface area contributed by atoms with E-state index in [1.165, 1.54) is 0 Å². The fraction of sp³-hybridized carbons (Fsp3) is 0.323. The zero-order valence-corrected chi connectivity index (χ0v) is 21.4. The molecule has 0 saturated carbocycles. The second-order valence-corrected chi connectivity index (χ2v) is 10.5. The molecule has 0 aromatic heterocycles. The lowest BCUT2D eigenvalue weighted by molar-refractivity contribution is -0.160. The molecule has 3 aromatic rings. The Morgan fingerprint density at radius 2 is 1.46 bits per heavy atom. The van der Waals surface area contributed by atoms with Gasteiger partial charge in [0, 0.05) is 16.7 Å². The molecular weight excluding hydrogens is 464 g/mol. The molecule has 2 heterocycles. The van der Waals surface area contributed by atoms with Crippen molar-refractivity contribution in [2.24, 2.45) is 10.9 Å². The highest BCUT2D eigenvalue weighted by Gasteiger charge is 2.52. The fourth-order valence-corrected chi connectivity index (χ4v) is 5.07. The van der Waals surface area contributed by atoms with Gasteiger partial charge in [0.25, 0.3) is 0 Å². The van der Waals surface area contributed by atoms with Crippen LogP contribution in [0.15, 0.2) is 96.0 Å². The molecule has 6 heteroatoms. The van der Waals surface area contributed by atoms with E-state index in [1.54, 1.807) is 4.90 Å². The summed E-state index contributed by atoms with van der Waals surface area (Å²) in [6, 6.07) is 28.1. The Labute approximate surface area is 217 Å². The maximum absolute atomic E-state index is 13.9. The maximum atomic E-state index is 13.9. The molecule has 0 aliphatic carbocycles. The van der Waals surface area contributed by atoms with Gasteiger partial charge in [-0.05, 0) is 27.2 Å². The highest BCUT2D eigenvalue weighted by molar-refractivity contribution is 6.13. The molecule has 1 unspecified atom stereocenters. The molecule has 190 valence electrons. The summed E-state index contributed by atoms with van der Waals surface area (Å²) < 4.78 is 11.8. The van der Waals surface area contributed by atoms with E-state index in [2.05, 4.69) is 0 Å². The molecule has 0 radical (unpaired) electrons. The smallest absolute Gasteiger partial charge is 0.332 e. The zero-order chi connectivity index (χ0) is 26.0. The predicted molar refractivity (Wildman–Crippen MR) is 142 cm³/mol. The van der Waals surface area contributed by atoms with Gasteiger partial charge in [-0.1, -0.05) is 91.0 Å². The summed E-state index contributed by atoms with van der Waals surface area (Å²) in [5.41, 5.74) is 2.62. The lowest BCUT2D eigenvalue weighted by atomic mass is 9.94. The average Bonchev–Trinajstić information content (AvgIpc) is 3.45. The van der Waals surface area contributed by atoms with Gasteiger partial charge in [-0.3, -0.25) is 9.79 Å². The van der Waals surface area contributed by atoms with E-state index in [0.717, 1.165) is 16.7 Å². The van der Waals surface area contributed by atoms with Crippen molar-refractivity contribution in [3.8, 4) is 0 Å². The second-order valence-electron chi connectivity index (χ2n) is 10.5. The molecule has 2 aliphatic heterocycles. The van der Waals surface area contributed by atoms with E-state index in [0.29, 0.717) is 18.7 Å². The lowest BCUT2D eigenvalue weighted by Gasteiger charge is -2.27. The van der Waals surface area contributed by atoms with Gasteiger partial charge in [-0.15, -0.1) is 0 Å². The standard InChI is InChI=1S/C31H32N2O4/c1-31(2,3)37-30(35)27(32-26(21-13-7-4-8-14-21)22-15-9-5-10-16-22)25-19-24-20-36-29(33(24)28(25)34)23-17-11-6-12-18-23/h4-18,24-25,27,29H,19-20H2,1-3H3/t24-,25+,27?,29+/m0/s1. The SMILES string of the molecule is CC(C)(C)OC(=O)C(N=C(c1ccccc1)c1ccccc1)[C@H]1C[C@H]2CO[C@H](c3ccccc3)N2C1=O. The minimum atomic E-state index is -0.982. The second kappa shape index (κ2) is 10.3. The Hall–Kier alpha value is -3.77. The van der Waals surface area contributed by atoms with Crippen molar-refractivity contribution in [2.45, 2.75) is 51.1 Å².